The van der Waals surface area contributed by atoms with E-state index < -0.39 is 0 Å². The molecule has 1 aromatic heterocycles. The predicted octanol–water partition coefficient (Wildman–Crippen LogP) is 3.46. The molecule has 4 heteroatoms. The average molecular weight is 469 g/mol. The van der Waals surface area contributed by atoms with Crippen molar-refractivity contribution in [1.82, 2.24) is 4.98 Å². The Hall–Kier alpha value is -1.38. The number of hydrogen-bond acceptors (Lipinski definition) is 3. The van der Waals surface area contributed by atoms with Gasteiger partial charge >= 0.3 is 0 Å². The Labute approximate surface area is 144 Å². The van der Waals surface area contributed by atoms with Crippen molar-refractivity contribution in [3.8, 4) is 11.3 Å². The Kier molecular flexibility index (Phi) is 3.28. The minimum Gasteiger partial charge on any atom is -0.347 e. The van der Waals surface area contributed by atoms with Gasteiger partial charge in [0, 0.05) is 39.4 Å². The third kappa shape index (κ3) is 1.74. The fraction of sp³-hybridized carbons (Fsp3) is 0.389. The van der Waals surface area contributed by atoms with Crippen LogP contribution in [0.3, 0.4) is 0 Å². The maximum Gasteiger partial charge on any atom is 0.113 e. The van der Waals surface area contributed by atoms with E-state index in [4.69, 9.17) is 4.98 Å². The van der Waals surface area contributed by atoms with Crippen LogP contribution < -0.4 is 9.80 Å². The van der Waals surface area contributed by atoms with Crippen molar-refractivity contribution in [2.75, 3.05) is 22.9 Å². The van der Waals surface area contributed by atoms with E-state index in [1.165, 1.54) is 50.1 Å². The van der Waals surface area contributed by atoms with Crippen molar-refractivity contribution in [1.29, 1.82) is 0 Å². The topological polar surface area (TPSA) is 19.4 Å². The molecule has 3 aliphatic rings. The number of benzene rings is 1. The number of rotatable bonds is 1. The molecular weight excluding hydrogens is 450 g/mol. The number of pyridine rings is 1. The molecule has 3 nitrogen and oxygen atoms in total. The van der Waals surface area contributed by atoms with Crippen molar-refractivity contribution >= 4 is 11.4 Å². The zero-order valence-electron chi connectivity index (χ0n) is 12.4. The van der Waals surface area contributed by atoms with Crippen LogP contribution >= 0.6 is 0 Å². The Balaban J connectivity index is 0.00000125. The first-order valence-corrected chi connectivity index (χ1v) is 7.91. The molecule has 1 atom stereocenters. The van der Waals surface area contributed by atoms with E-state index in [9.17, 15) is 0 Å². The minimum absolute atomic E-state index is 0. The molecule has 2 saturated heterocycles. The second-order valence-corrected chi connectivity index (χ2v) is 6.33. The molecule has 1 spiro atoms. The van der Waals surface area contributed by atoms with Crippen molar-refractivity contribution in [2.24, 2.45) is 0 Å². The van der Waals surface area contributed by atoms with Gasteiger partial charge in [0.05, 0.1) is 11.4 Å². The van der Waals surface area contributed by atoms with Crippen molar-refractivity contribution in [3.05, 3.63) is 42.6 Å². The van der Waals surface area contributed by atoms with Crippen LogP contribution in [-0.2, 0) is 20.1 Å². The first-order valence-electron chi connectivity index (χ1n) is 7.91. The molecule has 1 unspecified atom stereocenters. The van der Waals surface area contributed by atoms with Crippen molar-refractivity contribution < 1.29 is 20.1 Å². The van der Waals surface area contributed by atoms with Crippen LogP contribution in [0.15, 0.2) is 36.5 Å². The molecule has 1 radical (unpaired) electrons. The summed E-state index contributed by atoms with van der Waals surface area (Å²) in [5.41, 5.74) is 5.13. The Bertz CT molecular complexity index is 699. The fourth-order valence-corrected chi connectivity index (χ4v) is 4.52. The molecule has 22 heavy (non-hydrogen) atoms. The van der Waals surface area contributed by atoms with Crippen LogP contribution in [0, 0.1) is 6.07 Å². The summed E-state index contributed by atoms with van der Waals surface area (Å²) in [5, 5.41) is 0. The van der Waals surface area contributed by atoms with E-state index in [0.29, 0.717) is 0 Å². The van der Waals surface area contributed by atoms with Gasteiger partial charge in [0.25, 0.3) is 0 Å². The second kappa shape index (κ2) is 5.07. The maximum atomic E-state index is 4.71. The summed E-state index contributed by atoms with van der Waals surface area (Å²) >= 11 is 0. The van der Waals surface area contributed by atoms with Crippen LogP contribution in [0.2, 0.25) is 0 Å². The quantitative estimate of drug-likeness (QED) is 0.598. The zero-order valence-corrected chi connectivity index (χ0v) is 14.8. The number of nitrogens with zero attached hydrogens (tertiary/aromatic N) is 3. The Morgan fingerprint density at radius 3 is 2.55 bits per heavy atom. The standard InChI is InChI=1S/C18H18N3.Ir/c1-2-6-14(7-3-1)15-12-16-17(13-19-15)21-11-5-9-18(21)8-4-10-20(16)18;/h1-3,6,12-13H,4-5,8-11H2;/q-1;. The first-order chi connectivity index (χ1) is 10.4. The third-order valence-electron chi connectivity index (χ3n) is 5.35. The molecule has 115 valence electrons. The summed E-state index contributed by atoms with van der Waals surface area (Å²) in [6.45, 7) is 2.37. The smallest absolute Gasteiger partial charge is 0.113 e. The molecule has 0 aliphatic carbocycles. The number of anilines is 2. The average Bonchev–Trinajstić information content (AvgIpc) is 3.19. The van der Waals surface area contributed by atoms with E-state index in [-0.39, 0.29) is 25.8 Å². The van der Waals surface area contributed by atoms with E-state index in [0.717, 1.165) is 11.3 Å². The second-order valence-electron chi connectivity index (χ2n) is 6.33. The van der Waals surface area contributed by atoms with Gasteiger partial charge in [0.2, 0.25) is 0 Å². The third-order valence-corrected chi connectivity index (χ3v) is 5.35. The van der Waals surface area contributed by atoms with Crippen LogP contribution in [-0.4, -0.2) is 23.7 Å². The summed E-state index contributed by atoms with van der Waals surface area (Å²) in [5.74, 6) is 0. The Morgan fingerprint density at radius 1 is 1.05 bits per heavy atom. The van der Waals surface area contributed by atoms with Gasteiger partial charge in [-0.15, -0.1) is 35.9 Å². The van der Waals surface area contributed by atoms with Crippen molar-refractivity contribution in [2.45, 2.75) is 31.3 Å². The molecule has 5 rings (SSSR count). The van der Waals surface area contributed by atoms with Gasteiger partial charge in [-0.25, -0.2) is 0 Å². The number of hydrogen-bond donors (Lipinski definition) is 0. The summed E-state index contributed by atoms with van der Waals surface area (Å²) in [4.78, 5) is 9.96. The van der Waals surface area contributed by atoms with Gasteiger partial charge in [-0.05, 0) is 31.4 Å². The molecule has 4 heterocycles. The Morgan fingerprint density at radius 2 is 1.82 bits per heavy atom. The van der Waals surface area contributed by atoms with Crippen LogP contribution in [0.1, 0.15) is 25.7 Å². The van der Waals surface area contributed by atoms with E-state index >= 15 is 0 Å². The molecule has 2 fully saturated rings. The molecule has 1 aromatic carbocycles. The molecule has 2 aromatic rings. The molecule has 0 amide bonds. The zero-order chi connectivity index (χ0) is 13.9. The summed E-state index contributed by atoms with van der Waals surface area (Å²) in [6, 6.07) is 13.7. The van der Waals surface area contributed by atoms with Gasteiger partial charge < -0.3 is 14.8 Å². The van der Waals surface area contributed by atoms with Gasteiger partial charge in [0.15, 0.2) is 0 Å². The maximum absolute atomic E-state index is 4.71. The number of fused-ring (bicyclic) bond motifs is 3. The van der Waals surface area contributed by atoms with E-state index in [1.807, 2.05) is 12.1 Å². The van der Waals surface area contributed by atoms with Crippen LogP contribution in [0.25, 0.3) is 11.3 Å². The largest absolute Gasteiger partial charge is 0.347 e. The minimum atomic E-state index is 0. The SMILES string of the molecule is [Ir].[c-]1ccccc1-c1cc2c(cn1)N1CCCC13CCCN23. The molecule has 0 bridgehead atoms. The normalized spacial score (nSPS) is 24.7. The summed E-state index contributed by atoms with van der Waals surface area (Å²) in [7, 11) is 0. The number of aromatic nitrogens is 1. The molecule has 0 saturated carbocycles. The van der Waals surface area contributed by atoms with Crippen LogP contribution in [0.5, 0.6) is 0 Å². The van der Waals surface area contributed by atoms with Gasteiger partial charge in [-0.1, -0.05) is 6.07 Å². The van der Waals surface area contributed by atoms with Gasteiger partial charge in [-0.2, -0.15) is 0 Å². The van der Waals surface area contributed by atoms with Gasteiger partial charge in [0.1, 0.15) is 5.66 Å². The summed E-state index contributed by atoms with van der Waals surface area (Å²) < 4.78 is 0. The predicted molar refractivity (Wildman–Crippen MR) is 84.4 cm³/mol. The van der Waals surface area contributed by atoms with E-state index in [1.54, 1.807) is 0 Å². The van der Waals surface area contributed by atoms with Crippen molar-refractivity contribution in [3.63, 3.8) is 0 Å². The van der Waals surface area contributed by atoms with E-state index in [2.05, 4.69) is 40.3 Å². The molecule has 3 aliphatic heterocycles. The van der Waals surface area contributed by atoms with Crippen LogP contribution in [0.4, 0.5) is 11.4 Å². The van der Waals surface area contributed by atoms with Gasteiger partial charge in [-0.3, -0.25) is 0 Å². The molecule has 0 N–H and O–H groups in total. The monoisotopic (exact) mass is 469 g/mol. The molecular formula is C18H18IrN3-. The summed E-state index contributed by atoms with van der Waals surface area (Å²) in [6.07, 6.45) is 7.30. The first kappa shape index (κ1) is 14.2. The fourth-order valence-electron chi connectivity index (χ4n) is 4.52.